The van der Waals surface area contributed by atoms with Crippen molar-refractivity contribution < 1.29 is 4.79 Å². The number of rotatable bonds is 2. The van der Waals surface area contributed by atoms with Gasteiger partial charge in [-0.1, -0.05) is 6.92 Å². The minimum atomic E-state index is 0.0658. The monoisotopic (exact) mass is 303 g/mol. The first kappa shape index (κ1) is 11.5. The molecule has 1 rings (SSSR count). The van der Waals surface area contributed by atoms with Crippen LogP contribution in [0.1, 0.15) is 22.8 Å². The van der Waals surface area contributed by atoms with Gasteiger partial charge >= 0.3 is 0 Å². The standard InChI is InChI=1S/C11H14INO/c1-4-8-7-9(5-6-10(8)12)11(14)13(2)3/h5-7H,4H2,1-3H3. The van der Waals surface area contributed by atoms with Crippen LogP contribution in [-0.2, 0) is 6.42 Å². The van der Waals surface area contributed by atoms with Crippen molar-refractivity contribution in [1.82, 2.24) is 4.90 Å². The number of carbonyl (C=O) groups excluding carboxylic acids is 1. The van der Waals surface area contributed by atoms with E-state index in [2.05, 4.69) is 29.5 Å². The molecule has 1 aromatic carbocycles. The van der Waals surface area contributed by atoms with Crippen LogP contribution in [0.3, 0.4) is 0 Å². The van der Waals surface area contributed by atoms with E-state index < -0.39 is 0 Å². The number of amides is 1. The Morgan fingerprint density at radius 3 is 2.57 bits per heavy atom. The predicted octanol–water partition coefficient (Wildman–Crippen LogP) is 2.56. The zero-order valence-corrected chi connectivity index (χ0v) is 10.8. The Morgan fingerprint density at radius 2 is 2.07 bits per heavy atom. The SMILES string of the molecule is CCc1cc(C(=O)N(C)C)ccc1I. The third kappa shape index (κ3) is 2.47. The van der Waals surface area contributed by atoms with E-state index in [4.69, 9.17) is 0 Å². The molecule has 3 heteroatoms. The summed E-state index contributed by atoms with van der Waals surface area (Å²) in [5.41, 5.74) is 2.01. The van der Waals surface area contributed by atoms with Gasteiger partial charge in [0.05, 0.1) is 0 Å². The quantitative estimate of drug-likeness (QED) is 0.769. The van der Waals surface area contributed by atoms with Gasteiger partial charge in [-0.25, -0.2) is 0 Å². The molecule has 0 bridgehead atoms. The molecule has 0 radical (unpaired) electrons. The van der Waals surface area contributed by atoms with Crippen LogP contribution in [0, 0.1) is 3.57 Å². The second kappa shape index (κ2) is 4.77. The van der Waals surface area contributed by atoms with Crippen molar-refractivity contribution in [3.63, 3.8) is 0 Å². The molecule has 14 heavy (non-hydrogen) atoms. The molecule has 0 atom stereocenters. The lowest BCUT2D eigenvalue weighted by Crippen LogP contribution is -2.21. The molecule has 0 spiro atoms. The van der Waals surface area contributed by atoms with E-state index in [1.165, 1.54) is 9.13 Å². The molecule has 1 amide bonds. The summed E-state index contributed by atoms with van der Waals surface area (Å²) in [6, 6.07) is 5.85. The van der Waals surface area contributed by atoms with Gasteiger partial charge in [0.1, 0.15) is 0 Å². The van der Waals surface area contributed by atoms with Gasteiger partial charge in [0.2, 0.25) is 0 Å². The van der Waals surface area contributed by atoms with Gasteiger partial charge in [-0.15, -0.1) is 0 Å². The lowest BCUT2D eigenvalue weighted by atomic mass is 10.1. The maximum Gasteiger partial charge on any atom is 0.253 e. The first-order chi connectivity index (χ1) is 6.56. The summed E-state index contributed by atoms with van der Waals surface area (Å²) in [7, 11) is 3.54. The van der Waals surface area contributed by atoms with E-state index in [0.717, 1.165) is 12.0 Å². The number of carbonyl (C=O) groups is 1. The summed E-state index contributed by atoms with van der Waals surface area (Å²) in [4.78, 5) is 13.2. The Bertz CT molecular complexity index is 347. The number of benzene rings is 1. The van der Waals surface area contributed by atoms with E-state index in [-0.39, 0.29) is 5.91 Å². The van der Waals surface area contributed by atoms with Gasteiger partial charge in [0, 0.05) is 23.2 Å². The number of aryl methyl sites for hydroxylation is 1. The summed E-state index contributed by atoms with van der Waals surface area (Å²) < 4.78 is 1.22. The van der Waals surface area contributed by atoms with Crippen molar-refractivity contribution in [3.05, 3.63) is 32.9 Å². The molecular formula is C11H14INO. The number of hydrogen-bond acceptors (Lipinski definition) is 1. The van der Waals surface area contributed by atoms with Gasteiger partial charge in [0.15, 0.2) is 0 Å². The van der Waals surface area contributed by atoms with Crippen LogP contribution >= 0.6 is 22.6 Å². The van der Waals surface area contributed by atoms with Crippen LogP contribution in [-0.4, -0.2) is 24.9 Å². The molecule has 0 unspecified atom stereocenters. The normalized spacial score (nSPS) is 10.0. The summed E-state index contributed by atoms with van der Waals surface area (Å²) >= 11 is 2.29. The van der Waals surface area contributed by atoms with Gasteiger partial charge < -0.3 is 4.90 Å². The molecule has 0 aliphatic heterocycles. The minimum Gasteiger partial charge on any atom is -0.345 e. The first-order valence-electron chi connectivity index (χ1n) is 4.56. The van der Waals surface area contributed by atoms with Gasteiger partial charge in [-0.3, -0.25) is 4.79 Å². The highest BCUT2D eigenvalue weighted by atomic mass is 127. The molecule has 0 aliphatic carbocycles. The van der Waals surface area contributed by atoms with Crippen molar-refractivity contribution >= 4 is 28.5 Å². The van der Waals surface area contributed by atoms with Crippen LogP contribution in [0.5, 0.6) is 0 Å². The fourth-order valence-electron chi connectivity index (χ4n) is 1.24. The number of nitrogens with zero attached hydrogens (tertiary/aromatic N) is 1. The lowest BCUT2D eigenvalue weighted by molar-refractivity contribution is 0.0827. The third-order valence-corrected chi connectivity index (χ3v) is 3.13. The smallest absolute Gasteiger partial charge is 0.253 e. The molecule has 0 aromatic heterocycles. The Hall–Kier alpha value is -0.580. The zero-order valence-electron chi connectivity index (χ0n) is 8.67. The van der Waals surface area contributed by atoms with E-state index in [1.807, 2.05) is 18.2 Å². The van der Waals surface area contributed by atoms with Crippen molar-refractivity contribution in [2.24, 2.45) is 0 Å². The summed E-state index contributed by atoms with van der Waals surface area (Å²) in [5, 5.41) is 0. The van der Waals surface area contributed by atoms with E-state index in [0.29, 0.717) is 0 Å². The summed E-state index contributed by atoms with van der Waals surface area (Å²) in [5.74, 6) is 0.0658. The molecule has 2 nitrogen and oxygen atoms in total. The van der Waals surface area contributed by atoms with Crippen LogP contribution in [0.25, 0.3) is 0 Å². The zero-order chi connectivity index (χ0) is 10.7. The predicted molar refractivity (Wildman–Crippen MR) is 66.6 cm³/mol. The Morgan fingerprint density at radius 1 is 1.43 bits per heavy atom. The van der Waals surface area contributed by atoms with Crippen LogP contribution in [0.4, 0.5) is 0 Å². The van der Waals surface area contributed by atoms with Crippen molar-refractivity contribution in [2.75, 3.05) is 14.1 Å². The van der Waals surface area contributed by atoms with Crippen LogP contribution < -0.4 is 0 Å². The topological polar surface area (TPSA) is 20.3 Å². The maximum absolute atomic E-state index is 11.6. The Kier molecular flexibility index (Phi) is 3.92. The first-order valence-corrected chi connectivity index (χ1v) is 5.64. The molecule has 76 valence electrons. The van der Waals surface area contributed by atoms with Crippen LogP contribution in [0.15, 0.2) is 18.2 Å². The average Bonchev–Trinajstić information content (AvgIpc) is 2.17. The highest BCUT2D eigenvalue weighted by Gasteiger charge is 2.09. The van der Waals surface area contributed by atoms with E-state index in [1.54, 1.807) is 19.0 Å². The van der Waals surface area contributed by atoms with Crippen LogP contribution in [0.2, 0.25) is 0 Å². The Balaban J connectivity index is 3.06. The highest BCUT2D eigenvalue weighted by molar-refractivity contribution is 14.1. The Labute approximate surface area is 98.4 Å². The van der Waals surface area contributed by atoms with Crippen molar-refractivity contribution in [1.29, 1.82) is 0 Å². The molecule has 0 fully saturated rings. The van der Waals surface area contributed by atoms with Gasteiger partial charge in [-0.05, 0) is 52.8 Å². The fourth-order valence-corrected chi connectivity index (χ4v) is 1.95. The molecule has 0 saturated carbocycles. The van der Waals surface area contributed by atoms with E-state index >= 15 is 0 Å². The largest absolute Gasteiger partial charge is 0.345 e. The number of halogens is 1. The average molecular weight is 303 g/mol. The lowest BCUT2D eigenvalue weighted by Gasteiger charge is -2.11. The molecule has 0 saturated heterocycles. The maximum atomic E-state index is 11.6. The summed E-state index contributed by atoms with van der Waals surface area (Å²) in [6.45, 7) is 2.10. The molecular weight excluding hydrogens is 289 g/mol. The van der Waals surface area contributed by atoms with Gasteiger partial charge in [-0.2, -0.15) is 0 Å². The fraction of sp³-hybridized carbons (Fsp3) is 0.364. The molecule has 0 aliphatic rings. The van der Waals surface area contributed by atoms with Crippen molar-refractivity contribution in [2.45, 2.75) is 13.3 Å². The van der Waals surface area contributed by atoms with Crippen molar-refractivity contribution in [3.8, 4) is 0 Å². The molecule has 0 heterocycles. The second-order valence-electron chi connectivity index (χ2n) is 3.36. The minimum absolute atomic E-state index is 0.0658. The third-order valence-electron chi connectivity index (χ3n) is 2.08. The van der Waals surface area contributed by atoms with E-state index in [9.17, 15) is 4.79 Å². The molecule has 0 N–H and O–H groups in total. The second-order valence-corrected chi connectivity index (χ2v) is 4.52. The number of hydrogen-bond donors (Lipinski definition) is 0. The molecule has 1 aromatic rings. The highest BCUT2D eigenvalue weighted by Crippen LogP contribution is 2.15. The van der Waals surface area contributed by atoms with Gasteiger partial charge in [0.25, 0.3) is 5.91 Å². The summed E-state index contributed by atoms with van der Waals surface area (Å²) in [6.07, 6.45) is 0.965.